The molecule has 5 N–H and O–H groups in total. The smallest absolute Gasteiger partial charge is 0.107 e. The summed E-state index contributed by atoms with van der Waals surface area (Å²) in [7, 11) is 1.50. The number of aliphatic hydroxyl groups is 5. The largest absolute Gasteiger partial charge is 0.392 e. The van der Waals surface area contributed by atoms with E-state index in [1.165, 1.54) is 7.11 Å². The average Bonchev–Trinajstić information content (AvgIpc) is 2.76. The maximum absolute atomic E-state index is 11.8. The Labute approximate surface area is 160 Å². The second kappa shape index (κ2) is 5.55. The van der Waals surface area contributed by atoms with Crippen LogP contribution in [0, 0.1) is 28.6 Å². The van der Waals surface area contributed by atoms with E-state index in [2.05, 4.69) is 6.58 Å². The molecular weight excluding hydrogens is 348 g/mol. The first-order chi connectivity index (χ1) is 12.4. The first-order valence-corrected chi connectivity index (χ1v) is 10.1. The molecule has 154 valence electrons. The van der Waals surface area contributed by atoms with E-state index in [1.54, 1.807) is 20.8 Å². The molecule has 0 radical (unpaired) electrons. The monoisotopic (exact) mass is 382 g/mol. The van der Waals surface area contributed by atoms with Gasteiger partial charge in [-0.2, -0.15) is 0 Å². The molecule has 0 aromatic rings. The van der Waals surface area contributed by atoms with E-state index in [4.69, 9.17) is 4.74 Å². The Hall–Kier alpha value is -0.500. The minimum absolute atomic E-state index is 0.148. The molecule has 6 nitrogen and oxygen atoms in total. The van der Waals surface area contributed by atoms with Gasteiger partial charge in [0.05, 0.1) is 30.0 Å². The maximum Gasteiger partial charge on any atom is 0.107 e. The van der Waals surface area contributed by atoms with Gasteiger partial charge in [0.1, 0.15) is 5.60 Å². The van der Waals surface area contributed by atoms with E-state index >= 15 is 0 Å². The summed E-state index contributed by atoms with van der Waals surface area (Å²) in [5, 5.41) is 56.1. The molecule has 2 bridgehead atoms. The molecule has 0 amide bonds. The third kappa shape index (κ3) is 2.07. The lowest BCUT2D eigenvalue weighted by molar-refractivity contribution is -0.174. The Balaban J connectivity index is 1.88. The first kappa shape index (κ1) is 19.8. The molecule has 4 aliphatic carbocycles. The quantitative estimate of drug-likeness (QED) is 0.425. The van der Waals surface area contributed by atoms with Gasteiger partial charge in [-0.1, -0.05) is 26.0 Å². The van der Waals surface area contributed by atoms with Crippen molar-refractivity contribution < 1.29 is 30.3 Å². The van der Waals surface area contributed by atoms with Crippen LogP contribution in [0.25, 0.3) is 0 Å². The minimum atomic E-state index is -1.63. The lowest BCUT2D eigenvalue weighted by Crippen LogP contribution is -2.57. The Morgan fingerprint density at radius 2 is 1.67 bits per heavy atom. The Kier molecular flexibility index (Phi) is 4.07. The van der Waals surface area contributed by atoms with Gasteiger partial charge in [0.25, 0.3) is 0 Å². The second-order valence-corrected chi connectivity index (χ2v) is 10.4. The molecule has 10 atom stereocenters. The summed E-state index contributed by atoms with van der Waals surface area (Å²) in [6.45, 7) is 9.57. The highest BCUT2D eigenvalue weighted by molar-refractivity contribution is 5.33. The first-order valence-electron chi connectivity index (χ1n) is 10.1. The number of hydrogen-bond donors (Lipinski definition) is 5. The lowest BCUT2D eigenvalue weighted by atomic mass is 9.61. The number of fused-ring (bicyclic) bond motifs is 2. The topological polar surface area (TPSA) is 110 Å². The van der Waals surface area contributed by atoms with Gasteiger partial charge in [0.2, 0.25) is 0 Å². The molecule has 0 aliphatic heterocycles. The predicted octanol–water partition coefficient (Wildman–Crippen LogP) is 0.598. The number of rotatable bonds is 1. The molecule has 0 aromatic heterocycles. The summed E-state index contributed by atoms with van der Waals surface area (Å²) in [4.78, 5) is 0. The third-order valence-electron chi connectivity index (χ3n) is 9.00. The normalized spacial score (nSPS) is 59.3. The van der Waals surface area contributed by atoms with Crippen LogP contribution in [-0.4, -0.2) is 68.3 Å². The van der Waals surface area contributed by atoms with Gasteiger partial charge in [-0.3, -0.25) is 0 Å². The Morgan fingerprint density at radius 3 is 2.26 bits per heavy atom. The Morgan fingerprint density at radius 1 is 1.04 bits per heavy atom. The Bertz CT molecular complexity index is 659. The van der Waals surface area contributed by atoms with Crippen molar-refractivity contribution in [1.82, 2.24) is 0 Å². The van der Waals surface area contributed by atoms with Crippen molar-refractivity contribution in [3.05, 3.63) is 12.2 Å². The van der Waals surface area contributed by atoms with Crippen LogP contribution in [-0.2, 0) is 4.74 Å². The highest BCUT2D eigenvalue weighted by Crippen LogP contribution is 2.68. The van der Waals surface area contributed by atoms with E-state index in [1.807, 2.05) is 0 Å². The molecule has 4 saturated carbocycles. The number of hydrogen-bond acceptors (Lipinski definition) is 6. The zero-order chi connectivity index (χ0) is 20.2. The van der Waals surface area contributed by atoms with Gasteiger partial charge in [-0.25, -0.2) is 0 Å². The molecule has 1 spiro atoms. The molecule has 4 rings (SSSR count). The van der Waals surface area contributed by atoms with Gasteiger partial charge < -0.3 is 30.3 Å². The van der Waals surface area contributed by atoms with Crippen molar-refractivity contribution in [2.24, 2.45) is 28.6 Å². The zero-order valence-electron chi connectivity index (χ0n) is 16.7. The fourth-order valence-corrected chi connectivity index (χ4v) is 7.57. The molecule has 27 heavy (non-hydrogen) atoms. The average molecular weight is 382 g/mol. The van der Waals surface area contributed by atoms with Gasteiger partial charge in [-0.05, 0) is 38.5 Å². The summed E-state index contributed by atoms with van der Waals surface area (Å²) >= 11 is 0. The molecule has 4 aliphatic rings. The van der Waals surface area contributed by atoms with Gasteiger partial charge in [0.15, 0.2) is 0 Å². The maximum atomic E-state index is 11.8. The fraction of sp³-hybridized carbons (Fsp3) is 0.905. The van der Waals surface area contributed by atoms with Crippen molar-refractivity contribution in [2.75, 3.05) is 7.11 Å². The second-order valence-electron chi connectivity index (χ2n) is 10.4. The predicted molar refractivity (Wildman–Crippen MR) is 98.7 cm³/mol. The lowest BCUT2D eigenvalue weighted by Gasteiger charge is -2.46. The molecule has 0 aromatic carbocycles. The van der Waals surface area contributed by atoms with Crippen molar-refractivity contribution in [2.45, 2.75) is 82.1 Å². The zero-order valence-corrected chi connectivity index (χ0v) is 16.7. The van der Waals surface area contributed by atoms with Crippen molar-refractivity contribution >= 4 is 0 Å². The minimum Gasteiger partial charge on any atom is -0.392 e. The number of aliphatic hydroxyl groups excluding tert-OH is 3. The summed E-state index contributed by atoms with van der Waals surface area (Å²) < 4.78 is 5.60. The van der Waals surface area contributed by atoms with Crippen molar-refractivity contribution in [1.29, 1.82) is 0 Å². The summed E-state index contributed by atoms with van der Waals surface area (Å²) in [5.74, 6) is -1.02. The van der Waals surface area contributed by atoms with Gasteiger partial charge in [0, 0.05) is 29.8 Å². The number of methoxy groups -OCH3 is 1. The summed E-state index contributed by atoms with van der Waals surface area (Å²) in [6, 6.07) is 0. The van der Waals surface area contributed by atoms with Crippen LogP contribution < -0.4 is 0 Å². The van der Waals surface area contributed by atoms with Crippen LogP contribution in [0.4, 0.5) is 0 Å². The van der Waals surface area contributed by atoms with Crippen LogP contribution in [0.15, 0.2) is 12.2 Å². The van der Waals surface area contributed by atoms with E-state index in [0.29, 0.717) is 12.8 Å². The summed E-state index contributed by atoms with van der Waals surface area (Å²) in [5.41, 5.74) is -3.65. The molecule has 0 unspecified atom stereocenters. The van der Waals surface area contributed by atoms with E-state index in [0.717, 1.165) is 12.0 Å². The van der Waals surface area contributed by atoms with Crippen molar-refractivity contribution in [3.63, 3.8) is 0 Å². The van der Waals surface area contributed by atoms with Crippen LogP contribution in [0.1, 0.15) is 46.5 Å². The highest BCUT2D eigenvalue weighted by Gasteiger charge is 2.74. The van der Waals surface area contributed by atoms with Crippen LogP contribution >= 0.6 is 0 Å². The standard InChI is InChI=1S/C21H34O6/c1-10-11-6-7-12-16(23)20(11,9-19(12,4)25)8-13(22)21(26)14(10)15(27-5)17(24)18(21,2)3/h11-17,22-26H,1,6-9H2,2-5H3/t11-,12+,13+,14+,15-,16+,17-,19+,20-,21+/m0/s1. The third-order valence-corrected chi connectivity index (χ3v) is 9.00. The fourth-order valence-electron chi connectivity index (χ4n) is 7.57. The summed E-state index contributed by atoms with van der Waals surface area (Å²) in [6.07, 6.45) is -1.61. The molecule has 0 saturated heterocycles. The molecule has 6 heteroatoms. The van der Waals surface area contributed by atoms with Crippen LogP contribution in [0.3, 0.4) is 0 Å². The van der Waals surface area contributed by atoms with Crippen molar-refractivity contribution in [3.8, 4) is 0 Å². The van der Waals surface area contributed by atoms with E-state index in [9.17, 15) is 25.5 Å². The van der Waals surface area contributed by atoms with E-state index in [-0.39, 0.29) is 18.3 Å². The molecule has 4 fully saturated rings. The molecule has 0 heterocycles. The number of ether oxygens (including phenoxy) is 1. The van der Waals surface area contributed by atoms with Crippen LogP contribution in [0.5, 0.6) is 0 Å². The van der Waals surface area contributed by atoms with Gasteiger partial charge in [-0.15, -0.1) is 0 Å². The van der Waals surface area contributed by atoms with Crippen LogP contribution in [0.2, 0.25) is 0 Å². The SMILES string of the molecule is C=C1[C@@H]2[C@H](OC)[C@H](O)C(C)(C)[C@@]2(O)[C@H](O)C[C@]23C[C@@](C)(O)[C@H](CC[C@@H]12)[C@H]3O. The highest BCUT2D eigenvalue weighted by atomic mass is 16.5. The van der Waals surface area contributed by atoms with E-state index < -0.39 is 52.4 Å². The molecular formula is C21H34O6. The van der Waals surface area contributed by atoms with Gasteiger partial charge >= 0.3 is 0 Å².